The summed E-state index contributed by atoms with van der Waals surface area (Å²) in [5.74, 6) is 0.723. The van der Waals surface area contributed by atoms with Crippen LogP contribution in [0.2, 0.25) is 0 Å². The summed E-state index contributed by atoms with van der Waals surface area (Å²) in [4.78, 5) is 17.4. The second-order valence-electron chi connectivity index (χ2n) is 6.81. The van der Waals surface area contributed by atoms with Gasteiger partial charge >= 0.3 is 0 Å². The summed E-state index contributed by atoms with van der Waals surface area (Å²) < 4.78 is 5.39. The fourth-order valence-corrected chi connectivity index (χ4v) is 3.01. The van der Waals surface area contributed by atoms with Gasteiger partial charge < -0.3 is 15.4 Å². The maximum absolute atomic E-state index is 10.8. The standard InChI is InChI=1S/C21H27N5O3/c27-26(28)20-8-6-19(7-9-20)17-24-21(23-16-18-4-2-1-3-5-18)22-10-11-25-12-14-29-15-13-25/h1-9H,10-17H2,(H2,22,23,24). The van der Waals surface area contributed by atoms with Crippen molar-refractivity contribution in [1.29, 1.82) is 0 Å². The summed E-state index contributed by atoms with van der Waals surface area (Å²) in [5.41, 5.74) is 2.19. The SMILES string of the molecule is O=[N+]([O-])c1ccc(CNC(=NCc2ccccc2)NCCN2CCOCC2)cc1. The van der Waals surface area contributed by atoms with Gasteiger partial charge in [-0.05, 0) is 11.1 Å². The normalized spacial score (nSPS) is 15.1. The van der Waals surface area contributed by atoms with Crippen LogP contribution >= 0.6 is 0 Å². The second-order valence-corrected chi connectivity index (χ2v) is 6.81. The Bertz CT molecular complexity index is 790. The first kappa shape index (κ1) is 20.8. The molecule has 2 aromatic carbocycles. The molecule has 0 saturated carbocycles. The van der Waals surface area contributed by atoms with E-state index in [1.807, 2.05) is 30.3 Å². The molecular formula is C21H27N5O3. The van der Waals surface area contributed by atoms with Gasteiger partial charge in [0.15, 0.2) is 5.96 Å². The lowest BCUT2D eigenvalue weighted by Crippen LogP contribution is -2.44. The highest BCUT2D eigenvalue weighted by atomic mass is 16.6. The predicted octanol–water partition coefficient (Wildman–Crippen LogP) is 2.16. The number of non-ortho nitro benzene ring substituents is 1. The number of nitro benzene ring substituents is 1. The highest BCUT2D eigenvalue weighted by Gasteiger charge is 2.10. The molecule has 1 fully saturated rings. The van der Waals surface area contributed by atoms with Crippen LogP contribution in [-0.4, -0.2) is 55.2 Å². The van der Waals surface area contributed by atoms with E-state index >= 15 is 0 Å². The molecule has 1 aliphatic heterocycles. The molecule has 0 aliphatic carbocycles. The number of nitrogens with one attached hydrogen (secondary N) is 2. The van der Waals surface area contributed by atoms with Gasteiger partial charge in [-0.2, -0.15) is 0 Å². The van der Waals surface area contributed by atoms with Gasteiger partial charge in [0.2, 0.25) is 0 Å². The highest BCUT2D eigenvalue weighted by molar-refractivity contribution is 5.79. The predicted molar refractivity (Wildman–Crippen MR) is 113 cm³/mol. The summed E-state index contributed by atoms with van der Waals surface area (Å²) in [6, 6.07) is 16.6. The van der Waals surface area contributed by atoms with Crippen LogP contribution < -0.4 is 10.6 Å². The number of nitro groups is 1. The maximum atomic E-state index is 10.8. The number of benzene rings is 2. The largest absolute Gasteiger partial charge is 0.379 e. The first-order chi connectivity index (χ1) is 14.2. The molecular weight excluding hydrogens is 370 g/mol. The number of ether oxygens (including phenoxy) is 1. The topological polar surface area (TPSA) is 92.0 Å². The zero-order valence-corrected chi connectivity index (χ0v) is 16.4. The second kappa shape index (κ2) is 11.1. The fourth-order valence-electron chi connectivity index (χ4n) is 3.01. The van der Waals surface area contributed by atoms with Gasteiger partial charge in [-0.3, -0.25) is 15.0 Å². The molecule has 0 aromatic heterocycles. The van der Waals surface area contributed by atoms with E-state index in [9.17, 15) is 10.1 Å². The van der Waals surface area contributed by atoms with Crippen LogP contribution in [0.4, 0.5) is 5.69 Å². The molecule has 1 aliphatic rings. The van der Waals surface area contributed by atoms with Gasteiger partial charge in [0.05, 0.1) is 24.7 Å². The molecule has 0 atom stereocenters. The minimum atomic E-state index is -0.392. The van der Waals surface area contributed by atoms with Gasteiger partial charge in [0.25, 0.3) is 5.69 Å². The van der Waals surface area contributed by atoms with Gasteiger partial charge in [0.1, 0.15) is 0 Å². The molecule has 2 aromatic rings. The Morgan fingerprint density at radius 3 is 2.45 bits per heavy atom. The smallest absolute Gasteiger partial charge is 0.269 e. The summed E-state index contributed by atoms with van der Waals surface area (Å²) in [5, 5.41) is 17.5. The van der Waals surface area contributed by atoms with Gasteiger partial charge in [-0.25, -0.2) is 4.99 Å². The number of morpholine rings is 1. The lowest BCUT2D eigenvalue weighted by atomic mass is 10.2. The van der Waals surface area contributed by atoms with Crippen LogP contribution in [0.1, 0.15) is 11.1 Å². The first-order valence-corrected chi connectivity index (χ1v) is 9.80. The fraction of sp³-hybridized carbons (Fsp3) is 0.381. The van der Waals surface area contributed by atoms with Gasteiger partial charge in [-0.1, -0.05) is 42.5 Å². The molecule has 0 amide bonds. The van der Waals surface area contributed by atoms with E-state index < -0.39 is 4.92 Å². The molecule has 0 radical (unpaired) electrons. The van der Waals surface area contributed by atoms with Crippen molar-refractivity contribution in [1.82, 2.24) is 15.5 Å². The minimum Gasteiger partial charge on any atom is -0.379 e. The van der Waals surface area contributed by atoms with Crippen LogP contribution in [0.3, 0.4) is 0 Å². The molecule has 154 valence electrons. The highest BCUT2D eigenvalue weighted by Crippen LogP contribution is 2.11. The van der Waals surface area contributed by atoms with Crippen molar-refractivity contribution >= 4 is 11.6 Å². The molecule has 0 bridgehead atoms. The number of hydrogen-bond donors (Lipinski definition) is 2. The van der Waals surface area contributed by atoms with Crippen LogP contribution in [0.25, 0.3) is 0 Å². The summed E-state index contributed by atoms with van der Waals surface area (Å²) in [6.45, 7) is 6.29. The molecule has 0 spiro atoms. The van der Waals surface area contributed by atoms with Gasteiger partial charge in [-0.15, -0.1) is 0 Å². The molecule has 0 unspecified atom stereocenters. The number of guanidine groups is 1. The average molecular weight is 397 g/mol. The van der Waals surface area contributed by atoms with Crippen molar-refractivity contribution in [2.75, 3.05) is 39.4 Å². The number of rotatable bonds is 8. The Hall–Kier alpha value is -2.97. The number of hydrogen-bond acceptors (Lipinski definition) is 5. The monoisotopic (exact) mass is 397 g/mol. The van der Waals surface area contributed by atoms with Crippen LogP contribution in [-0.2, 0) is 17.8 Å². The van der Waals surface area contributed by atoms with Crippen molar-refractivity contribution in [3.05, 3.63) is 75.8 Å². The molecule has 29 heavy (non-hydrogen) atoms. The van der Waals surface area contributed by atoms with E-state index in [-0.39, 0.29) is 5.69 Å². The Morgan fingerprint density at radius 1 is 1.03 bits per heavy atom. The number of nitrogens with zero attached hydrogens (tertiary/aromatic N) is 3. The van der Waals surface area contributed by atoms with Crippen molar-refractivity contribution in [2.45, 2.75) is 13.1 Å². The van der Waals surface area contributed by atoms with Crippen molar-refractivity contribution < 1.29 is 9.66 Å². The van der Waals surface area contributed by atoms with Crippen LogP contribution in [0.5, 0.6) is 0 Å². The van der Waals surface area contributed by atoms with Crippen molar-refractivity contribution in [3.63, 3.8) is 0 Å². The Labute approximate surface area is 170 Å². The maximum Gasteiger partial charge on any atom is 0.269 e. The molecule has 8 nitrogen and oxygen atoms in total. The minimum absolute atomic E-state index is 0.0929. The Morgan fingerprint density at radius 2 is 1.76 bits per heavy atom. The quantitative estimate of drug-likeness (QED) is 0.307. The zero-order valence-electron chi connectivity index (χ0n) is 16.4. The summed E-state index contributed by atoms with van der Waals surface area (Å²) in [7, 11) is 0. The van der Waals surface area contributed by atoms with Crippen LogP contribution in [0.15, 0.2) is 59.6 Å². The van der Waals surface area contributed by atoms with E-state index in [4.69, 9.17) is 4.74 Å². The third-order valence-corrected chi connectivity index (χ3v) is 4.69. The van der Waals surface area contributed by atoms with E-state index in [1.54, 1.807) is 12.1 Å². The number of aliphatic imine (C=N–C) groups is 1. The lowest BCUT2D eigenvalue weighted by Gasteiger charge is -2.26. The molecule has 1 heterocycles. The van der Waals surface area contributed by atoms with Crippen molar-refractivity contribution in [2.24, 2.45) is 4.99 Å². The average Bonchev–Trinajstić information content (AvgIpc) is 2.77. The summed E-state index contributed by atoms with van der Waals surface area (Å²) >= 11 is 0. The van der Waals surface area contributed by atoms with E-state index in [0.29, 0.717) is 13.1 Å². The van der Waals surface area contributed by atoms with Crippen LogP contribution in [0, 0.1) is 10.1 Å². The zero-order chi connectivity index (χ0) is 20.3. The Kier molecular flexibility index (Phi) is 7.97. The third kappa shape index (κ3) is 7.17. The van der Waals surface area contributed by atoms with E-state index in [2.05, 4.69) is 20.5 Å². The Balaban J connectivity index is 1.55. The van der Waals surface area contributed by atoms with E-state index in [0.717, 1.165) is 56.5 Å². The lowest BCUT2D eigenvalue weighted by molar-refractivity contribution is -0.384. The van der Waals surface area contributed by atoms with Gasteiger partial charge in [0, 0.05) is 44.9 Å². The molecule has 2 N–H and O–H groups in total. The van der Waals surface area contributed by atoms with E-state index in [1.165, 1.54) is 12.1 Å². The van der Waals surface area contributed by atoms with Crippen molar-refractivity contribution in [3.8, 4) is 0 Å². The third-order valence-electron chi connectivity index (χ3n) is 4.69. The summed E-state index contributed by atoms with van der Waals surface area (Å²) in [6.07, 6.45) is 0. The first-order valence-electron chi connectivity index (χ1n) is 9.80. The molecule has 1 saturated heterocycles. The molecule has 3 rings (SSSR count). The molecule has 8 heteroatoms.